The van der Waals surface area contributed by atoms with Crippen LogP contribution in [0.3, 0.4) is 0 Å². The Hall–Kier alpha value is -0.610. The van der Waals surface area contributed by atoms with Gasteiger partial charge in [0.25, 0.3) is 10.1 Å². The van der Waals surface area contributed by atoms with Crippen LogP contribution in [0.1, 0.15) is 32.1 Å². The minimum absolute atomic E-state index is 0.306. The largest absolute Gasteiger partial charge is 0.270 e. The van der Waals surface area contributed by atoms with Gasteiger partial charge < -0.3 is 0 Å². The molecule has 0 fully saturated rings. The highest BCUT2D eigenvalue weighted by molar-refractivity contribution is 7.85. The molecular formula is C13H22O3S. The molecule has 0 saturated heterocycles. The van der Waals surface area contributed by atoms with E-state index in [1.807, 2.05) is 6.08 Å². The molecule has 0 heterocycles. The van der Waals surface area contributed by atoms with Gasteiger partial charge in [0.05, 0.1) is 12.9 Å². The number of hydrogen-bond donors (Lipinski definition) is 0. The highest BCUT2D eigenvalue weighted by Crippen LogP contribution is 2.30. The number of rotatable bonds is 8. The molecule has 0 aromatic carbocycles. The lowest BCUT2D eigenvalue weighted by molar-refractivity contribution is 0.301. The summed E-state index contributed by atoms with van der Waals surface area (Å²) in [4.78, 5) is 0. The average Bonchev–Trinajstić information content (AvgIpc) is 2.68. The Kier molecular flexibility index (Phi) is 5.92. The highest BCUT2D eigenvalue weighted by atomic mass is 32.2. The van der Waals surface area contributed by atoms with E-state index in [4.69, 9.17) is 4.18 Å². The van der Waals surface area contributed by atoms with Gasteiger partial charge in [-0.1, -0.05) is 18.2 Å². The Labute approximate surface area is 105 Å². The van der Waals surface area contributed by atoms with E-state index in [0.29, 0.717) is 18.4 Å². The standard InChI is InChI=1S/C13H22O3S/c1-3-4-6-12-8-9-13(11-12)7-5-10-16-17(2,14)15/h3,8-9,12-13H,1,4-7,10-11H2,2H3/t12-,13-/m1/s1. The smallest absolute Gasteiger partial charge is 0.264 e. The molecule has 0 N–H and O–H groups in total. The van der Waals surface area contributed by atoms with Crippen LogP contribution in [0.2, 0.25) is 0 Å². The van der Waals surface area contributed by atoms with Crippen LogP contribution in [0.25, 0.3) is 0 Å². The van der Waals surface area contributed by atoms with Crippen molar-refractivity contribution in [3.05, 3.63) is 24.8 Å². The van der Waals surface area contributed by atoms with E-state index in [2.05, 4.69) is 18.7 Å². The van der Waals surface area contributed by atoms with Crippen LogP contribution >= 0.6 is 0 Å². The van der Waals surface area contributed by atoms with Crippen LogP contribution < -0.4 is 0 Å². The van der Waals surface area contributed by atoms with E-state index in [1.54, 1.807) is 0 Å². The molecular weight excluding hydrogens is 236 g/mol. The third kappa shape index (κ3) is 6.64. The first kappa shape index (κ1) is 14.5. The molecule has 2 atom stereocenters. The fourth-order valence-electron chi connectivity index (χ4n) is 2.18. The van der Waals surface area contributed by atoms with Gasteiger partial charge in [0, 0.05) is 0 Å². The Morgan fingerprint density at radius 3 is 2.59 bits per heavy atom. The molecule has 1 rings (SSSR count). The quantitative estimate of drug-likeness (QED) is 0.382. The fourth-order valence-corrected chi connectivity index (χ4v) is 2.60. The van der Waals surface area contributed by atoms with Gasteiger partial charge in [-0.15, -0.1) is 6.58 Å². The van der Waals surface area contributed by atoms with Crippen molar-refractivity contribution in [3.8, 4) is 0 Å². The minimum Gasteiger partial charge on any atom is -0.270 e. The topological polar surface area (TPSA) is 43.4 Å². The lowest BCUT2D eigenvalue weighted by Crippen LogP contribution is -2.06. The molecule has 0 saturated carbocycles. The summed E-state index contributed by atoms with van der Waals surface area (Å²) in [5.74, 6) is 1.27. The molecule has 0 bridgehead atoms. The van der Waals surface area contributed by atoms with Gasteiger partial charge in [-0.2, -0.15) is 8.42 Å². The lowest BCUT2D eigenvalue weighted by Gasteiger charge is -2.10. The predicted molar refractivity (Wildman–Crippen MR) is 70.2 cm³/mol. The molecule has 98 valence electrons. The summed E-state index contributed by atoms with van der Waals surface area (Å²) in [6.07, 6.45) is 12.8. The van der Waals surface area contributed by atoms with Gasteiger partial charge >= 0.3 is 0 Å². The molecule has 0 spiro atoms. The summed E-state index contributed by atoms with van der Waals surface area (Å²) in [7, 11) is -3.27. The van der Waals surface area contributed by atoms with Crippen LogP contribution in [0.5, 0.6) is 0 Å². The first-order valence-corrected chi connectivity index (χ1v) is 7.96. The van der Waals surface area contributed by atoms with Crippen molar-refractivity contribution in [2.24, 2.45) is 11.8 Å². The Morgan fingerprint density at radius 1 is 1.35 bits per heavy atom. The van der Waals surface area contributed by atoms with Gasteiger partial charge in [-0.3, -0.25) is 4.18 Å². The zero-order valence-electron chi connectivity index (χ0n) is 10.5. The van der Waals surface area contributed by atoms with Gasteiger partial charge in [0.15, 0.2) is 0 Å². The van der Waals surface area contributed by atoms with Crippen molar-refractivity contribution in [1.29, 1.82) is 0 Å². The maximum Gasteiger partial charge on any atom is 0.264 e. The lowest BCUT2D eigenvalue weighted by atomic mass is 9.96. The van der Waals surface area contributed by atoms with Gasteiger partial charge in [0.2, 0.25) is 0 Å². The maximum atomic E-state index is 10.8. The van der Waals surface area contributed by atoms with E-state index in [0.717, 1.165) is 25.5 Å². The predicted octanol–water partition coefficient (Wildman–Crippen LogP) is 2.90. The van der Waals surface area contributed by atoms with Gasteiger partial charge in [-0.05, 0) is 43.9 Å². The molecule has 0 amide bonds. The van der Waals surface area contributed by atoms with Crippen molar-refractivity contribution in [2.45, 2.75) is 32.1 Å². The van der Waals surface area contributed by atoms with Crippen LogP contribution in [0.4, 0.5) is 0 Å². The van der Waals surface area contributed by atoms with Crippen molar-refractivity contribution < 1.29 is 12.6 Å². The first-order chi connectivity index (χ1) is 8.01. The second-order valence-electron chi connectivity index (χ2n) is 4.68. The third-order valence-corrected chi connectivity index (χ3v) is 3.61. The van der Waals surface area contributed by atoms with Crippen LogP contribution in [0.15, 0.2) is 24.8 Å². The van der Waals surface area contributed by atoms with E-state index in [9.17, 15) is 8.42 Å². The van der Waals surface area contributed by atoms with Crippen molar-refractivity contribution in [2.75, 3.05) is 12.9 Å². The molecule has 4 heteroatoms. The Bertz CT molecular complexity index is 357. The molecule has 0 unspecified atom stereocenters. The second kappa shape index (κ2) is 6.97. The number of hydrogen-bond acceptors (Lipinski definition) is 3. The minimum atomic E-state index is -3.27. The fraction of sp³-hybridized carbons (Fsp3) is 0.692. The van der Waals surface area contributed by atoms with E-state index < -0.39 is 10.1 Å². The summed E-state index contributed by atoms with van der Waals surface area (Å²) in [5, 5.41) is 0. The summed E-state index contributed by atoms with van der Waals surface area (Å²) in [5.41, 5.74) is 0. The van der Waals surface area contributed by atoms with E-state index >= 15 is 0 Å². The van der Waals surface area contributed by atoms with Gasteiger partial charge in [-0.25, -0.2) is 0 Å². The molecule has 17 heavy (non-hydrogen) atoms. The molecule has 1 aliphatic carbocycles. The molecule has 0 aromatic heterocycles. The van der Waals surface area contributed by atoms with E-state index in [-0.39, 0.29) is 0 Å². The van der Waals surface area contributed by atoms with Crippen LogP contribution in [-0.2, 0) is 14.3 Å². The average molecular weight is 258 g/mol. The highest BCUT2D eigenvalue weighted by Gasteiger charge is 2.17. The van der Waals surface area contributed by atoms with E-state index in [1.165, 1.54) is 12.8 Å². The van der Waals surface area contributed by atoms with Crippen LogP contribution in [-0.4, -0.2) is 21.3 Å². The molecule has 0 aliphatic heterocycles. The first-order valence-electron chi connectivity index (χ1n) is 6.15. The third-order valence-electron chi connectivity index (χ3n) is 3.02. The van der Waals surface area contributed by atoms with Crippen molar-refractivity contribution >= 4 is 10.1 Å². The summed E-state index contributed by atoms with van der Waals surface area (Å²) >= 11 is 0. The normalized spacial score (nSPS) is 24.1. The monoisotopic (exact) mass is 258 g/mol. The molecule has 1 aliphatic rings. The molecule has 0 radical (unpaired) electrons. The van der Waals surface area contributed by atoms with Gasteiger partial charge in [0.1, 0.15) is 0 Å². The zero-order valence-corrected chi connectivity index (χ0v) is 11.3. The number of allylic oxidation sites excluding steroid dienone is 3. The second-order valence-corrected chi connectivity index (χ2v) is 6.32. The maximum absolute atomic E-state index is 10.8. The summed E-state index contributed by atoms with van der Waals surface area (Å²) in [6.45, 7) is 4.03. The summed E-state index contributed by atoms with van der Waals surface area (Å²) < 4.78 is 26.2. The SMILES string of the molecule is C=CCC[C@@H]1C=C[C@@H](CCCOS(C)(=O)=O)C1. The van der Waals surface area contributed by atoms with Crippen molar-refractivity contribution in [1.82, 2.24) is 0 Å². The Morgan fingerprint density at radius 2 is 2.00 bits per heavy atom. The molecule has 3 nitrogen and oxygen atoms in total. The molecule has 0 aromatic rings. The Balaban J connectivity index is 2.10. The summed E-state index contributed by atoms with van der Waals surface area (Å²) in [6, 6.07) is 0. The van der Waals surface area contributed by atoms with Crippen LogP contribution in [0, 0.1) is 11.8 Å². The zero-order chi connectivity index (χ0) is 12.7. The van der Waals surface area contributed by atoms with Crippen molar-refractivity contribution in [3.63, 3.8) is 0 Å².